The van der Waals surface area contributed by atoms with Gasteiger partial charge in [0.25, 0.3) is 5.91 Å². The first-order valence-electron chi connectivity index (χ1n) is 7.94. The van der Waals surface area contributed by atoms with Crippen LogP contribution in [-0.4, -0.2) is 33.3 Å². The fourth-order valence-electron chi connectivity index (χ4n) is 2.58. The first-order chi connectivity index (χ1) is 10.4. The van der Waals surface area contributed by atoms with Gasteiger partial charge in [0.1, 0.15) is 0 Å². The van der Waals surface area contributed by atoms with Crippen LogP contribution >= 0.6 is 0 Å². The van der Waals surface area contributed by atoms with Crippen molar-refractivity contribution in [1.82, 2.24) is 15.1 Å². The molecule has 2 rings (SSSR count). The Kier molecular flexibility index (Phi) is 5.21. The van der Waals surface area contributed by atoms with Gasteiger partial charge in [0.2, 0.25) is 0 Å². The molecule has 1 aromatic heterocycles. The van der Waals surface area contributed by atoms with Crippen LogP contribution < -0.4 is 5.32 Å². The number of hydrogen-bond acceptors (Lipinski definition) is 3. The predicted octanol–water partition coefficient (Wildman–Crippen LogP) is 2.26. The molecule has 2 N–H and O–H groups in total. The summed E-state index contributed by atoms with van der Waals surface area (Å²) >= 11 is 0. The third kappa shape index (κ3) is 4.32. The lowest BCUT2D eigenvalue weighted by molar-refractivity contribution is -0.137. The van der Waals surface area contributed by atoms with Crippen molar-refractivity contribution in [2.24, 2.45) is 11.8 Å². The molecule has 0 saturated heterocycles. The molecule has 0 aromatic carbocycles. The zero-order chi connectivity index (χ0) is 16.3. The van der Waals surface area contributed by atoms with Crippen LogP contribution in [0, 0.1) is 11.8 Å². The number of hydrogen-bond donors (Lipinski definition) is 2. The maximum Gasteiger partial charge on any atom is 0.303 e. The van der Waals surface area contributed by atoms with Crippen molar-refractivity contribution in [3.63, 3.8) is 0 Å². The number of rotatable bonds is 8. The highest BCUT2D eigenvalue weighted by molar-refractivity contribution is 5.95. The molecule has 0 radical (unpaired) electrons. The number of carboxylic acids is 1. The monoisotopic (exact) mass is 307 g/mol. The van der Waals surface area contributed by atoms with Crippen molar-refractivity contribution in [3.05, 3.63) is 17.5 Å². The van der Waals surface area contributed by atoms with Crippen molar-refractivity contribution < 1.29 is 14.7 Å². The Labute approximate surface area is 130 Å². The summed E-state index contributed by atoms with van der Waals surface area (Å²) in [6.07, 6.45) is 3.93. The molecule has 1 aliphatic carbocycles. The Bertz CT molecular complexity index is 547. The second-order valence-corrected chi connectivity index (χ2v) is 6.71. The highest BCUT2D eigenvalue weighted by Gasteiger charge is 2.32. The number of aromatic nitrogens is 2. The molecule has 1 amide bonds. The molecule has 22 heavy (non-hydrogen) atoms. The van der Waals surface area contributed by atoms with Gasteiger partial charge < -0.3 is 10.4 Å². The number of amides is 1. The van der Waals surface area contributed by atoms with E-state index in [9.17, 15) is 9.59 Å². The highest BCUT2D eigenvalue weighted by Crippen LogP contribution is 2.41. The molecule has 1 fully saturated rings. The Hall–Kier alpha value is -1.85. The van der Waals surface area contributed by atoms with Gasteiger partial charge in [0, 0.05) is 25.4 Å². The van der Waals surface area contributed by atoms with Gasteiger partial charge in [0.15, 0.2) is 0 Å². The minimum Gasteiger partial charge on any atom is -0.481 e. The van der Waals surface area contributed by atoms with E-state index in [0.717, 1.165) is 25.1 Å². The van der Waals surface area contributed by atoms with Gasteiger partial charge in [-0.2, -0.15) is 5.10 Å². The van der Waals surface area contributed by atoms with Gasteiger partial charge >= 0.3 is 5.97 Å². The van der Waals surface area contributed by atoms with Crippen LogP contribution in [0.15, 0.2) is 6.20 Å². The Balaban J connectivity index is 2.03. The predicted molar refractivity (Wildman–Crippen MR) is 82.8 cm³/mol. The van der Waals surface area contributed by atoms with E-state index in [-0.39, 0.29) is 18.2 Å². The van der Waals surface area contributed by atoms with Crippen molar-refractivity contribution in [2.75, 3.05) is 6.54 Å². The normalized spacial score (nSPS) is 15.8. The fourth-order valence-corrected chi connectivity index (χ4v) is 2.58. The molecule has 1 atom stereocenters. The lowest BCUT2D eigenvalue weighted by Gasteiger charge is -2.12. The topological polar surface area (TPSA) is 84.2 Å². The lowest BCUT2D eigenvalue weighted by atomic mass is 10.1. The Morgan fingerprint density at radius 1 is 1.41 bits per heavy atom. The number of nitrogens with zero attached hydrogens (tertiary/aromatic N) is 2. The van der Waals surface area contributed by atoms with Crippen LogP contribution in [-0.2, 0) is 11.3 Å². The standard InChI is InChI=1S/C16H25N3O3/c1-10(2)9-19-15(12-4-5-12)13(8-18-19)16(22)17-7-11(3)6-14(20)21/h8,10-12H,4-7,9H2,1-3H3,(H,17,22)(H,20,21). The zero-order valence-corrected chi connectivity index (χ0v) is 13.5. The summed E-state index contributed by atoms with van der Waals surface area (Å²) in [6.45, 7) is 7.26. The van der Waals surface area contributed by atoms with Crippen molar-refractivity contribution in [1.29, 1.82) is 0 Å². The number of nitrogens with one attached hydrogen (secondary N) is 1. The van der Waals surface area contributed by atoms with Crippen LogP contribution in [0.4, 0.5) is 0 Å². The third-order valence-electron chi connectivity index (χ3n) is 3.76. The summed E-state index contributed by atoms with van der Waals surface area (Å²) in [4.78, 5) is 23.0. The van der Waals surface area contributed by atoms with Crippen LogP contribution in [0.1, 0.15) is 62.0 Å². The maximum absolute atomic E-state index is 12.4. The second kappa shape index (κ2) is 6.94. The Morgan fingerprint density at radius 2 is 2.09 bits per heavy atom. The van der Waals surface area contributed by atoms with Crippen LogP contribution in [0.2, 0.25) is 0 Å². The van der Waals surface area contributed by atoms with Gasteiger partial charge in [-0.3, -0.25) is 14.3 Å². The minimum absolute atomic E-state index is 0.0579. The maximum atomic E-state index is 12.4. The average molecular weight is 307 g/mol. The molecule has 6 nitrogen and oxygen atoms in total. The van der Waals surface area contributed by atoms with Crippen LogP contribution in [0.25, 0.3) is 0 Å². The number of carbonyl (C=O) groups excluding carboxylic acids is 1. The summed E-state index contributed by atoms with van der Waals surface area (Å²) in [5, 5.41) is 16.0. The van der Waals surface area contributed by atoms with Crippen LogP contribution in [0.5, 0.6) is 0 Å². The minimum atomic E-state index is -0.842. The van der Waals surface area contributed by atoms with E-state index in [1.807, 2.05) is 11.6 Å². The molecule has 1 aromatic rings. The molecule has 0 spiro atoms. The quantitative estimate of drug-likeness (QED) is 0.771. The molecular weight excluding hydrogens is 282 g/mol. The second-order valence-electron chi connectivity index (χ2n) is 6.71. The summed E-state index contributed by atoms with van der Waals surface area (Å²) in [5.74, 6) is -0.154. The molecule has 1 unspecified atom stereocenters. The van der Waals surface area contributed by atoms with E-state index in [0.29, 0.717) is 23.9 Å². The third-order valence-corrected chi connectivity index (χ3v) is 3.76. The smallest absolute Gasteiger partial charge is 0.303 e. The van der Waals surface area contributed by atoms with Gasteiger partial charge in [0.05, 0.1) is 17.5 Å². The van der Waals surface area contributed by atoms with Gasteiger partial charge in [-0.25, -0.2) is 0 Å². The summed E-state index contributed by atoms with van der Waals surface area (Å²) in [6, 6.07) is 0. The molecule has 0 aliphatic heterocycles. The van der Waals surface area contributed by atoms with E-state index < -0.39 is 5.97 Å². The largest absolute Gasteiger partial charge is 0.481 e. The first-order valence-corrected chi connectivity index (χ1v) is 7.94. The number of carbonyl (C=O) groups is 2. The van der Waals surface area contributed by atoms with E-state index in [2.05, 4.69) is 24.3 Å². The summed E-state index contributed by atoms with van der Waals surface area (Å²) in [7, 11) is 0. The van der Waals surface area contributed by atoms with Crippen molar-refractivity contribution >= 4 is 11.9 Å². The highest BCUT2D eigenvalue weighted by atomic mass is 16.4. The summed E-state index contributed by atoms with van der Waals surface area (Å²) < 4.78 is 1.96. The van der Waals surface area contributed by atoms with Gasteiger partial charge in [-0.15, -0.1) is 0 Å². The lowest BCUT2D eigenvalue weighted by Crippen LogP contribution is -2.29. The van der Waals surface area contributed by atoms with E-state index in [1.165, 1.54) is 0 Å². The van der Waals surface area contributed by atoms with Gasteiger partial charge in [-0.05, 0) is 24.7 Å². The van der Waals surface area contributed by atoms with Gasteiger partial charge in [-0.1, -0.05) is 20.8 Å². The molecule has 1 heterocycles. The number of carboxylic acid groups (broad SMARTS) is 1. The van der Waals surface area contributed by atoms with Crippen LogP contribution in [0.3, 0.4) is 0 Å². The zero-order valence-electron chi connectivity index (χ0n) is 13.5. The summed E-state index contributed by atoms with van der Waals surface area (Å²) in [5.41, 5.74) is 1.68. The van der Waals surface area contributed by atoms with Crippen molar-refractivity contribution in [3.8, 4) is 0 Å². The Morgan fingerprint density at radius 3 is 2.64 bits per heavy atom. The molecular formula is C16H25N3O3. The first kappa shape index (κ1) is 16.5. The van der Waals surface area contributed by atoms with E-state index in [4.69, 9.17) is 5.11 Å². The fraction of sp³-hybridized carbons (Fsp3) is 0.688. The molecule has 1 saturated carbocycles. The molecule has 1 aliphatic rings. The van der Waals surface area contributed by atoms with E-state index in [1.54, 1.807) is 6.20 Å². The molecule has 122 valence electrons. The van der Waals surface area contributed by atoms with E-state index >= 15 is 0 Å². The number of aliphatic carboxylic acids is 1. The molecule has 6 heteroatoms. The van der Waals surface area contributed by atoms with Crippen molar-refractivity contribution in [2.45, 2.75) is 52.5 Å². The molecule has 0 bridgehead atoms. The average Bonchev–Trinajstić information content (AvgIpc) is 3.16. The SMILES string of the molecule is CC(C)Cn1ncc(C(=O)NCC(C)CC(=O)O)c1C1CC1.